The van der Waals surface area contributed by atoms with E-state index in [1.165, 1.54) is 0 Å². The highest BCUT2D eigenvalue weighted by atomic mass is 16.5. The van der Waals surface area contributed by atoms with Gasteiger partial charge in [-0.25, -0.2) is 0 Å². The number of aldehydes is 1. The number of unbranched alkanes of at least 4 members (excludes halogenated alkanes) is 1. The first kappa shape index (κ1) is 12.9. The van der Waals surface area contributed by atoms with Crippen LogP contribution in [-0.4, -0.2) is 18.4 Å². The second-order valence-corrected chi connectivity index (χ2v) is 3.29. The molecule has 80 valence electrons. The van der Waals surface area contributed by atoms with Crippen molar-refractivity contribution >= 4 is 12.3 Å². The van der Waals surface area contributed by atoms with E-state index in [-0.39, 0.29) is 12.1 Å². The molecule has 3 heteroatoms. The zero-order valence-corrected chi connectivity index (χ0v) is 8.86. The maximum atomic E-state index is 11.0. The number of esters is 1. The van der Waals surface area contributed by atoms with E-state index in [0.29, 0.717) is 19.3 Å². The predicted octanol–water partition coefficient (Wildman–Crippen LogP) is 2.25. The number of hydrogen-bond acceptors (Lipinski definition) is 3. The highest BCUT2D eigenvalue weighted by Gasteiger charge is 2.02. The van der Waals surface area contributed by atoms with E-state index in [9.17, 15) is 9.59 Å². The molecular weight excluding hydrogens is 180 g/mol. The van der Waals surface area contributed by atoms with Crippen LogP contribution < -0.4 is 0 Å². The Morgan fingerprint density at radius 1 is 1.21 bits per heavy atom. The van der Waals surface area contributed by atoms with Crippen molar-refractivity contribution in [3.05, 3.63) is 12.2 Å². The molecule has 3 nitrogen and oxygen atoms in total. The first-order valence-corrected chi connectivity index (χ1v) is 4.95. The zero-order valence-electron chi connectivity index (χ0n) is 8.86. The van der Waals surface area contributed by atoms with Gasteiger partial charge in [0.15, 0.2) is 0 Å². The molecule has 0 bridgehead atoms. The molecule has 0 rings (SSSR count). The van der Waals surface area contributed by atoms with E-state index in [4.69, 9.17) is 4.74 Å². The first-order valence-electron chi connectivity index (χ1n) is 4.95. The molecule has 0 radical (unpaired) electrons. The Bertz CT molecular complexity index is 195. The summed E-state index contributed by atoms with van der Waals surface area (Å²) in [6.45, 7) is 3.66. The highest BCUT2D eigenvalue weighted by Crippen LogP contribution is 1.99. The minimum absolute atomic E-state index is 0.0402. The predicted molar refractivity (Wildman–Crippen MR) is 54.9 cm³/mol. The van der Waals surface area contributed by atoms with Crippen molar-refractivity contribution in [3.8, 4) is 0 Å². The number of ether oxygens (including phenoxy) is 1. The van der Waals surface area contributed by atoms with Crippen molar-refractivity contribution in [1.29, 1.82) is 0 Å². The van der Waals surface area contributed by atoms with E-state index in [1.807, 2.05) is 26.0 Å². The Hall–Kier alpha value is -1.12. The summed E-state index contributed by atoms with van der Waals surface area (Å²) in [5.74, 6) is -0.167. The van der Waals surface area contributed by atoms with Gasteiger partial charge in [-0.1, -0.05) is 12.2 Å². The molecule has 0 aromatic heterocycles. The number of carbonyl (C=O) groups is 2. The van der Waals surface area contributed by atoms with Crippen LogP contribution in [0.4, 0.5) is 0 Å². The van der Waals surface area contributed by atoms with Crippen LogP contribution in [0.3, 0.4) is 0 Å². The lowest BCUT2D eigenvalue weighted by molar-refractivity contribution is -0.147. The molecule has 0 amide bonds. The summed E-state index contributed by atoms with van der Waals surface area (Å²) in [7, 11) is 0. The van der Waals surface area contributed by atoms with Gasteiger partial charge in [0.05, 0.1) is 6.10 Å². The fraction of sp³-hybridized carbons (Fsp3) is 0.636. The van der Waals surface area contributed by atoms with Crippen molar-refractivity contribution in [2.75, 3.05) is 0 Å². The minimum Gasteiger partial charge on any atom is -0.463 e. The van der Waals surface area contributed by atoms with Crippen LogP contribution >= 0.6 is 0 Å². The highest BCUT2D eigenvalue weighted by molar-refractivity contribution is 5.69. The Kier molecular flexibility index (Phi) is 7.80. The fourth-order valence-corrected chi connectivity index (χ4v) is 0.923. The van der Waals surface area contributed by atoms with Crippen LogP contribution in [0.1, 0.15) is 39.5 Å². The molecule has 0 aliphatic rings. The lowest BCUT2D eigenvalue weighted by atomic mass is 10.2. The number of hydrogen-bond donors (Lipinski definition) is 0. The molecule has 0 aromatic rings. The first-order chi connectivity index (χ1) is 6.66. The third-order valence-corrected chi connectivity index (χ3v) is 1.50. The summed E-state index contributed by atoms with van der Waals surface area (Å²) >= 11 is 0. The largest absolute Gasteiger partial charge is 0.463 e. The normalized spacial score (nSPS) is 10.8. The Labute approximate surface area is 85.1 Å². The molecule has 0 saturated carbocycles. The van der Waals surface area contributed by atoms with Crippen LogP contribution in [0, 0.1) is 0 Å². The van der Waals surface area contributed by atoms with Crippen molar-refractivity contribution in [2.45, 2.75) is 45.6 Å². The average molecular weight is 198 g/mol. The molecule has 14 heavy (non-hydrogen) atoms. The molecule has 0 aliphatic carbocycles. The van der Waals surface area contributed by atoms with Gasteiger partial charge in [0.1, 0.15) is 6.29 Å². The maximum Gasteiger partial charge on any atom is 0.306 e. The van der Waals surface area contributed by atoms with Crippen LogP contribution in [0.2, 0.25) is 0 Å². The van der Waals surface area contributed by atoms with Crippen LogP contribution in [0.15, 0.2) is 12.2 Å². The lowest BCUT2D eigenvalue weighted by Crippen LogP contribution is -2.10. The molecule has 0 atom stereocenters. The molecule has 0 aliphatic heterocycles. The van der Waals surface area contributed by atoms with Crippen LogP contribution in [-0.2, 0) is 14.3 Å². The fourth-order valence-electron chi connectivity index (χ4n) is 0.923. The van der Waals surface area contributed by atoms with Crippen LogP contribution in [0.25, 0.3) is 0 Å². The minimum atomic E-state index is -0.167. The summed E-state index contributed by atoms with van der Waals surface area (Å²) < 4.78 is 4.95. The summed E-state index contributed by atoms with van der Waals surface area (Å²) in [6.07, 6.45) is 7.07. The standard InChI is InChI=1S/C11H18O3/c1-10(2)14-11(13)8-6-4-3-5-7-9-12/h3-4,9-10H,5-8H2,1-2H3/b4-3-. The Balaban J connectivity index is 3.39. The second-order valence-electron chi connectivity index (χ2n) is 3.29. The van der Waals surface area contributed by atoms with E-state index in [0.717, 1.165) is 12.7 Å². The molecule has 0 N–H and O–H groups in total. The third-order valence-electron chi connectivity index (χ3n) is 1.50. The maximum absolute atomic E-state index is 11.0. The van der Waals surface area contributed by atoms with Gasteiger partial charge in [-0.3, -0.25) is 4.79 Å². The average Bonchev–Trinajstić information content (AvgIpc) is 2.10. The molecular formula is C11H18O3. The van der Waals surface area contributed by atoms with Gasteiger partial charge in [0.25, 0.3) is 0 Å². The van der Waals surface area contributed by atoms with Gasteiger partial charge < -0.3 is 9.53 Å². The van der Waals surface area contributed by atoms with Gasteiger partial charge in [0, 0.05) is 12.8 Å². The quantitative estimate of drug-likeness (QED) is 0.273. The molecule has 0 unspecified atom stereocenters. The summed E-state index contributed by atoms with van der Waals surface area (Å²) in [5, 5.41) is 0. The van der Waals surface area contributed by atoms with Crippen LogP contribution in [0.5, 0.6) is 0 Å². The van der Waals surface area contributed by atoms with Crippen molar-refractivity contribution in [1.82, 2.24) is 0 Å². The molecule has 0 heterocycles. The Morgan fingerprint density at radius 2 is 1.86 bits per heavy atom. The summed E-state index contributed by atoms with van der Waals surface area (Å²) in [6, 6.07) is 0. The van der Waals surface area contributed by atoms with Gasteiger partial charge in [-0.2, -0.15) is 0 Å². The Morgan fingerprint density at radius 3 is 2.43 bits per heavy atom. The van der Waals surface area contributed by atoms with Crippen molar-refractivity contribution < 1.29 is 14.3 Å². The van der Waals surface area contributed by atoms with Gasteiger partial charge >= 0.3 is 5.97 Å². The van der Waals surface area contributed by atoms with E-state index in [2.05, 4.69) is 0 Å². The second kappa shape index (κ2) is 8.48. The number of carbonyl (C=O) groups excluding carboxylic acids is 2. The van der Waals surface area contributed by atoms with Gasteiger partial charge in [-0.05, 0) is 26.7 Å². The van der Waals surface area contributed by atoms with Crippen molar-refractivity contribution in [3.63, 3.8) is 0 Å². The van der Waals surface area contributed by atoms with E-state index in [1.54, 1.807) is 0 Å². The van der Waals surface area contributed by atoms with E-state index < -0.39 is 0 Å². The molecule has 0 fully saturated rings. The smallest absolute Gasteiger partial charge is 0.306 e. The molecule has 0 saturated heterocycles. The third kappa shape index (κ3) is 8.97. The lowest BCUT2D eigenvalue weighted by Gasteiger charge is -2.05. The summed E-state index contributed by atoms with van der Waals surface area (Å²) in [4.78, 5) is 21.0. The van der Waals surface area contributed by atoms with Gasteiger partial charge in [-0.15, -0.1) is 0 Å². The number of rotatable bonds is 7. The monoisotopic (exact) mass is 198 g/mol. The van der Waals surface area contributed by atoms with E-state index >= 15 is 0 Å². The SMILES string of the molecule is CC(C)OC(=O)CC/C=C\CCC=O. The summed E-state index contributed by atoms with van der Waals surface area (Å²) in [5.41, 5.74) is 0. The van der Waals surface area contributed by atoms with Gasteiger partial charge in [0.2, 0.25) is 0 Å². The molecule has 0 spiro atoms. The van der Waals surface area contributed by atoms with Crippen molar-refractivity contribution in [2.24, 2.45) is 0 Å². The number of allylic oxidation sites excluding steroid dienone is 2. The molecule has 0 aromatic carbocycles. The topological polar surface area (TPSA) is 43.4 Å². The zero-order chi connectivity index (χ0) is 10.8.